The number of ether oxygens (including phenoxy) is 4. The van der Waals surface area contributed by atoms with Crippen LogP contribution in [0.4, 0.5) is 0 Å². The van der Waals surface area contributed by atoms with E-state index in [-0.39, 0.29) is 24.6 Å². The fourth-order valence-corrected chi connectivity index (χ4v) is 2.79. The van der Waals surface area contributed by atoms with Gasteiger partial charge in [-0.15, -0.1) is 12.4 Å². The first-order valence-corrected chi connectivity index (χ1v) is 8.84. The minimum atomic E-state index is 0. The highest BCUT2D eigenvalue weighted by Gasteiger charge is 2.21. The molecule has 0 radical (unpaired) electrons. The highest BCUT2D eigenvalue weighted by molar-refractivity contribution is 5.85. The second-order valence-electron chi connectivity index (χ2n) is 6.46. The van der Waals surface area contributed by atoms with Crippen molar-refractivity contribution in [3.05, 3.63) is 11.8 Å². The van der Waals surface area contributed by atoms with E-state index in [9.17, 15) is 4.79 Å². The van der Waals surface area contributed by atoms with Gasteiger partial charge in [-0.3, -0.25) is 4.79 Å². The van der Waals surface area contributed by atoms with E-state index in [1.54, 1.807) is 14.2 Å². The van der Waals surface area contributed by atoms with E-state index in [2.05, 4.69) is 18.6 Å². The number of methoxy groups -OCH3 is 2. The number of hydrogen-bond donors (Lipinski definition) is 0. The standard InChI is InChI=1S/C9H16O2.C7H12O2.C3H8O.ClH/c1-7-4-9(6-10-3)5-8(2)11-7;1-5-3-7(8)4-6(2)9-5;1-3-4-2;/h6-8H,4-5H2,1-3H3;5-6H,3-4H2,1-2H3;3H2,1-2H3;1H. The first-order chi connectivity index (χ1) is 11.3. The number of halogens is 1. The highest BCUT2D eigenvalue weighted by Crippen LogP contribution is 2.23. The van der Waals surface area contributed by atoms with E-state index < -0.39 is 0 Å². The molecule has 0 amide bonds. The van der Waals surface area contributed by atoms with Gasteiger partial charge in [0.2, 0.25) is 0 Å². The number of carbonyl (C=O) groups is 1. The first-order valence-electron chi connectivity index (χ1n) is 8.84. The molecule has 4 atom stereocenters. The number of Topliss-reactive ketones (excluding diaryl/α,β-unsaturated/α-hetero) is 1. The third-order valence-electron chi connectivity index (χ3n) is 3.63. The van der Waals surface area contributed by atoms with Gasteiger partial charge in [0.25, 0.3) is 0 Å². The zero-order chi connectivity index (χ0) is 18.5. The maximum atomic E-state index is 10.8. The average Bonchev–Trinajstić information content (AvgIpc) is 2.46. The van der Waals surface area contributed by atoms with Crippen molar-refractivity contribution in [2.75, 3.05) is 20.8 Å². The second-order valence-corrected chi connectivity index (χ2v) is 6.46. The minimum absolute atomic E-state index is 0. The Morgan fingerprint density at radius 3 is 1.56 bits per heavy atom. The Bertz CT molecular complexity index is 347. The van der Waals surface area contributed by atoms with Gasteiger partial charge >= 0.3 is 0 Å². The van der Waals surface area contributed by atoms with E-state index >= 15 is 0 Å². The Morgan fingerprint density at radius 2 is 1.28 bits per heavy atom. The van der Waals surface area contributed by atoms with Crippen molar-refractivity contribution in [3.63, 3.8) is 0 Å². The molecule has 0 aliphatic carbocycles. The molecule has 2 heterocycles. The van der Waals surface area contributed by atoms with Crippen molar-refractivity contribution in [3.8, 4) is 0 Å². The summed E-state index contributed by atoms with van der Waals surface area (Å²) in [5.74, 6) is 0.334. The third kappa shape index (κ3) is 14.3. The molecule has 0 aromatic carbocycles. The zero-order valence-corrected chi connectivity index (χ0v) is 17.7. The number of carbonyl (C=O) groups excluding carboxylic acids is 1. The quantitative estimate of drug-likeness (QED) is 0.667. The van der Waals surface area contributed by atoms with E-state index in [1.807, 2.05) is 27.0 Å². The molecule has 0 aromatic rings. The predicted octanol–water partition coefficient (Wildman–Crippen LogP) is 4.32. The van der Waals surface area contributed by atoms with Crippen LogP contribution in [0.3, 0.4) is 0 Å². The summed E-state index contributed by atoms with van der Waals surface area (Å²) in [5, 5.41) is 0. The van der Waals surface area contributed by atoms with Gasteiger partial charge in [0.05, 0.1) is 37.8 Å². The highest BCUT2D eigenvalue weighted by atomic mass is 35.5. The molecule has 5 nitrogen and oxygen atoms in total. The fraction of sp³-hybridized carbons (Fsp3) is 0.842. The van der Waals surface area contributed by atoms with Crippen LogP contribution in [0.5, 0.6) is 0 Å². The summed E-state index contributed by atoms with van der Waals surface area (Å²) < 4.78 is 20.4. The molecule has 25 heavy (non-hydrogen) atoms. The summed E-state index contributed by atoms with van der Waals surface area (Å²) in [6, 6.07) is 0. The van der Waals surface area contributed by atoms with Crippen LogP contribution in [0.1, 0.15) is 60.3 Å². The van der Waals surface area contributed by atoms with Crippen molar-refractivity contribution in [1.29, 1.82) is 0 Å². The van der Waals surface area contributed by atoms with E-state index in [0.29, 0.717) is 30.8 Å². The molecule has 2 fully saturated rings. The number of rotatable bonds is 2. The second kappa shape index (κ2) is 15.6. The zero-order valence-electron chi connectivity index (χ0n) is 16.9. The van der Waals surface area contributed by atoms with Gasteiger partial charge in [0.15, 0.2) is 0 Å². The molecule has 4 unspecified atom stereocenters. The van der Waals surface area contributed by atoms with Crippen LogP contribution in [0.15, 0.2) is 11.8 Å². The predicted molar refractivity (Wildman–Crippen MR) is 103 cm³/mol. The van der Waals surface area contributed by atoms with Crippen molar-refractivity contribution >= 4 is 18.2 Å². The Labute approximate surface area is 159 Å². The molecule has 0 aromatic heterocycles. The lowest BCUT2D eigenvalue weighted by Crippen LogP contribution is -2.28. The molecule has 150 valence electrons. The summed E-state index contributed by atoms with van der Waals surface area (Å²) in [6.07, 6.45) is 6.04. The largest absolute Gasteiger partial charge is 0.504 e. The summed E-state index contributed by atoms with van der Waals surface area (Å²) in [7, 11) is 3.37. The van der Waals surface area contributed by atoms with Crippen molar-refractivity contribution in [2.24, 2.45) is 0 Å². The first kappa shape index (κ1) is 26.6. The van der Waals surface area contributed by atoms with Crippen LogP contribution in [-0.2, 0) is 23.7 Å². The molecule has 0 spiro atoms. The van der Waals surface area contributed by atoms with Crippen LogP contribution in [0.2, 0.25) is 0 Å². The van der Waals surface area contributed by atoms with E-state index in [1.165, 1.54) is 5.57 Å². The van der Waals surface area contributed by atoms with Crippen LogP contribution in [0, 0.1) is 0 Å². The number of ketones is 1. The molecule has 0 bridgehead atoms. The molecular formula is C19H37ClO5. The van der Waals surface area contributed by atoms with Gasteiger partial charge in [-0.1, -0.05) is 0 Å². The maximum absolute atomic E-state index is 10.8. The van der Waals surface area contributed by atoms with Crippen LogP contribution in [-0.4, -0.2) is 51.0 Å². The van der Waals surface area contributed by atoms with Gasteiger partial charge in [-0.2, -0.15) is 0 Å². The lowest BCUT2D eigenvalue weighted by Gasteiger charge is -2.26. The average molecular weight is 381 g/mol. The minimum Gasteiger partial charge on any atom is -0.504 e. The van der Waals surface area contributed by atoms with Gasteiger partial charge in [0.1, 0.15) is 5.78 Å². The summed E-state index contributed by atoms with van der Waals surface area (Å²) in [6.45, 7) is 10.8. The smallest absolute Gasteiger partial charge is 0.138 e. The van der Waals surface area contributed by atoms with Crippen molar-refractivity contribution in [2.45, 2.75) is 84.7 Å². The fourth-order valence-electron chi connectivity index (χ4n) is 2.79. The lowest BCUT2D eigenvalue weighted by molar-refractivity contribution is -0.132. The molecule has 6 heteroatoms. The van der Waals surface area contributed by atoms with Gasteiger partial charge < -0.3 is 18.9 Å². The van der Waals surface area contributed by atoms with Crippen LogP contribution < -0.4 is 0 Å². The lowest BCUT2D eigenvalue weighted by atomic mass is 10.0. The van der Waals surface area contributed by atoms with Gasteiger partial charge in [0, 0.05) is 26.6 Å². The van der Waals surface area contributed by atoms with E-state index in [0.717, 1.165) is 19.4 Å². The van der Waals surface area contributed by atoms with Crippen LogP contribution >= 0.6 is 12.4 Å². The van der Waals surface area contributed by atoms with Crippen molar-refractivity contribution < 1.29 is 23.7 Å². The van der Waals surface area contributed by atoms with Gasteiger partial charge in [-0.05, 0) is 53.0 Å². The summed E-state index contributed by atoms with van der Waals surface area (Å²) in [4.78, 5) is 10.8. The molecular weight excluding hydrogens is 344 g/mol. The number of hydrogen-bond acceptors (Lipinski definition) is 5. The molecule has 2 aliphatic rings. The SMILES string of the molecule is CC1CC(=O)CC(C)O1.CCOC.COC=C1CC(C)OC(C)C1.Cl. The molecule has 0 N–H and O–H groups in total. The Morgan fingerprint density at radius 1 is 0.920 bits per heavy atom. The topological polar surface area (TPSA) is 54.0 Å². The molecule has 0 saturated carbocycles. The summed E-state index contributed by atoms with van der Waals surface area (Å²) in [5.41, 5.74) is 1.36. The molecule has 2 rings (SSSR count). The molecule has 2 aliphatic heterocycles. The summed E-state index contributed by atoms with van der Waals surface area (Å²) >= 11 is 0. The maximum Gasteiger partial charge on any atom is 0.138 e. The monoisotopic (exact) mass is 380 g/mol. The van der Waals surface area contributed by atoms with Crippen LogP contribution in [0.25, 0.3) is 0 Å². The third-order valence-corrected chi connectivity index (χ3v) is 3.63. The Hall–Kier alpha value is -0.620. The molecule has 2 saturated heterocycles. The Kier molecular flexibility index (Phi) is 16.6. The normalized spacial score (nSPS) is 28.4. The van der Waals surface area contributed by atoms with Gasteiger partial charge in [-0.25, -0.2) is 0 Å². The van der Waals surface area contributed by atoms with E-state index in [4.69, 9.17) is 14.2 Å². The van der Waals surface area contributed by atoms with Crippen molar-refractivity contribution in [1.82, 2.24) is 0 Å². The Balaban J connectivity index is 0.